The van der Waals surface area contributed by atoms with E-state index < -0.39 is 15.4 Å². The lowest BCUT2D eigenvalue weighted by atomic mass is 10.4. The average molecular weight is 224 g/mol. The summed E-state index contributed by atoms with van der Waals surface area (Å²) in [6, 6.07) is 0. The van der Waals surface area contributed by atoms with Crippen molar-refractivity contribution in [1.29, 1.82) is 0 Å². The van der Waals surface area contributed by atoms with Crippen molar-refractivity contribution in [3.05, 3.63) is 0 Å². The van der Waals surface area contributed by atoms with Crippen LogP contribution < -0.4 is 0 Å². The van der Waals surface area contributed by atoms with E-state index in [1.807, 2.05) is 0 Å². The highest BCUT2D eigenvalue weighted by Crippen LogP contribution is 2.37. The first kappa shape index (κ1) is 11.4. The summed E-state index contributed by atoms with van der Waals surface area (Å²) in [5, 5.41) is -0.471. The van der Waals surface area contributed by atoms with Crippen molar-refractivity contribution < 1.29 is 13.0 Å². The van der Waals surface area contributed by atoms with Crippen LogP contribution in [0.15, 0.2) is 0 Å². The summed E-state index contributed by atoms with van der Waals surface area (Å²) in [6.45, 7) is 2.14. The average Bonchev–Trinajstić information content (AvgIpc) is 2.47. The van der Waals surface area contributed by atoms with Crippen molar-refractivity contribution in [2.75, 3.05) is 6.16 Å². The molecule has 0 aromatic heterocycles. The van der Waals surface area contributed by atoms with Gasteiger partial charge in [0.2, 0.25) is 0 Å². The Morgan fingerprint density at radius 1 is 1.46 bits per heavy atom. The van der Waals surface area contributed by atoms with Gasteiger partial charge < -0.3 is 0 Å². The molecule has 1 fully saturated rings. The molecule has 1 saturated carbocycles. The van der Waals surface area contributed by atoms with E-state index in [9.17, 15) is 8.42 Å². The molecule has 0 aliphatic heterocycles. The highest BCUT2D eigenvalue weighted by Gasteiger charge is 2.32. The first-order valence-electron chi connectivity index (χ1n) is 4.73. The van der Waals surface area contributed by atoms with Crippen LogP contribution in [0, 0.1) is 0 Å². The molecule has 0 amide bonds. The predicted octanol–water partition coefficient (Wildman–Crippen LogP) is 1.88. The maximum absolute atomic E-state index is 10.8. The number of hydrogen-bond donors (Lipinski definition) is 1. The van der Waals surface area contributed by atoms with Gasteiger partial charge in [-0.05, 0) is 31.1 Å². The summed E-state index contributed by atoms with van der Waals surface area (Å²) in [4.78, 5) is 0. The minimum Gasteiger partial charge on any atom is -0.285 e. The molecular formula is C8H17O3PS. The second kappa shape index (κ2) is 4.72. The number of rotatable bonds is 4. The summed E-state index contributed by atoms with van der Waals surface area (Å²) < 4.78 is 30.5. The minimum absolute atomic E-state index is 0.471. The topological polar surface area (TPSA) is 54.4 Å². The molecule has 0 radical (unpaired) electrons. The van der Waals surface area contributed by atoms with Gasteiger partial charge in [0, 0.05) is 0 Å². The van der Waals surface area contributed by atoms with Gasteiger partial charge in [0.1, 0.15) is 0 Å². The fraction of sp³-hybridized carbons (Fsp3) is 1.00. The van der Waals surface area contributed by atoms with Gasteiger partial charge in [0.15, 0.2) is 0 Å². The Balaban J connectivity index is 2.37. The largest absolute Gasteiger partial charge is 0.285 e. The van der Waals surface area contributed by atoms with Crippen LogP contribution in [-0.2, 0) is 10.1 Å². The molecule has 1 N–H and O–H groups in total. The van der Waals surface area contributed by atoms with Gasteiger partial charge >= 0.3 is 0 Å². The Morgan fingerprint density at radius 3 is 2.62 bits per heavy atom. The van der Waals surface area contributed by atoms with Gasteiger partial charge in [-0.15, -0.1) is 8.58 Å². The molecule has 5 heteroatoms. The monoisotopic (exact) mass is 224 g/mol. The normalized spacial score (nSPS) is 30.3. The van der Waals surface area contributed by atoms with E-state index in [-0.39, 0.29) is 0 Å². The Kier molecular flexibility index (Phi) is 4.14. The van der Waals surface area contributed by atoms with Crippen LogP contribution >= 0.6 is 8.58 Å². The molecule has 3 nitrogen and oxygen atoms in total. The van der Waals surface area contributed by atoms with Crippen LogP contribution in [0.3, 0.4) is 0 Å². The molecule has 3 unspecified atom stereocenters. The molecule has 0 spiro atoms. The summed E-state index contributed by atoms with van der Waals surface area (Å²) in [7, 11) is -2.88. The zero-order valence-electron chi connectivity index (χ0n) is 7.86. The van der Waals surface area contributed by atoms with E-state index in [2.05, 4.69) is 6.92 Å². The molecule has 1 aliphatic rings. The van der Waals surface area contributed by atoms with Crippen molar-refractivity contribution in [3.63, 3.8) is 0 Å². The van der Waals surface area contributed by atoms with Crippen LogP contribution in [0.25, 0.3) is 0 Å². The molecule has 0 saturated heterocycles. The quantitative estimate of drug-likeness (QED) is 0.586. The molecule has 0 aromatic carbocycles. The van der Waals surface area contributed by atoms with Gasteiger partial charge in [-0.1, -0.05) is 13.3 Å². The highest BCUT2D eigenvalue weighted by atomic mass is 32.2. The van der Waals surface area contributed by atoms with Gasteiger partial charge in [0.05, 0.1) is 5.25 Å². The molecular weight excluding hydrogens is 207 g/mol. The zero-order chi connectivity index (χ0) is 9.90. The first-order chi connectivity index (χ1) is 6.04. The summed E-state index contributed by atoms with van der Waals surface area (Å²) in [5.41, 5.74) is 0.548. The van der Waals surface area contributed by atoms with E-state index in [0.717, 1.165) is 15.0 Å². The van der Waals surface area contributed by atoms with E-state index >= 15 is 0 Å². The molecule has 1 rings (SSSR count). The second-order valence-corrected chi connectivity index (χ2v) is 7.02. The fourth-order valence-electron chi connectivity index (χ4n) is 1.74. The lowest BCUT2D eigenvalue weighted by Gasteiger charge is -2.08. The van der Waals surface area contributed by atoms with Crippen LogP contribution in [-0.4, -0.2) is 30.0 Å². The lowest BCUT2D eigenvalue weighted by molar-refractivity contribution is 0.467. The smallest absolute Gasteiger partial charge is 0.267 e. The van der Waals surface area contributed by atoms with E-state index in [1.165, 1.54) is 12.6 Å². The van der Waals surface area contributed by atoms with E-state index in [4.69, 9.17) is 4.55 Å². The van der Waals surface area contributed by atoms with Crippen LogP contribution in [0.1, 0.15) is 32.6 Å². The molecule has 3 atom stereocenters. The van der Waals surface area contributed by atoms with Gasteiger partial charge in [-0.25, -0.2) is 0 Å². The Bertz CT molecular complexity index is 250. The maximum Gasteiger partial charge on any atom is 0.267 e. The van der Waals surface area contributed by atoms with Crippen molar-refractivity contribution in [2.45, 2.75) is 43.5 Å². The Morgan fingerprint density at radius 2 is 2.15 bits per heavy atom. The van der Waals surface area contributed by atoms with Crippen LogP contribution in [0.5, 0.6) is 0 Å². The predicted molar refractivity (Wildman–Crippen MR) is 56.4 cm³/mol. The van der Waals surface area contributed by atoms with Crippen molar-refractivity contribution in [1.82, 2.24) is 0 Å². The number of hydrogen-bond acceptors (Lipinski definition) is 2. The Labute approximate surface area is 81.8 Å². The summed E-state index contributed by atoms with van der Waals surface area (Å²) in [5.74, 6) is 0. The molecule has 0 bridgehead atoms. The van der Waals surface area contributed by atoms with E-state index in [1.54, 1.807) is 0 Å². The van der Waals surface area contributed by atoms with Gasteiger partial charge in [0.25, 0.3) is 10.1 Å². The van der Waals surface area contributed by atoms with Crippen LogP contribution in [0.2, 0.25) is 0 Å². The summed E-state index contributed by atoms with van der Waals surface area (Å²) >= 11 is 0. The van der Waals surface area contributed by atoms with Crippen molar-refractivity contribution >= 4 is 18.7 Å². The molecule has 1 aliphatic carbocycles. The second-order valence-electron chi connectivity index (χ2n) is 3.60. The zero-order valence-corrected chi connectivity index (χ0v) is 9.68. The lowest BCUT2D eigenvalue weighted by Crippen LogP contribution is -2.16. The van der Waals surface area contributed by atoms with Gasteiger partial charge in [-0.3, -0.25) is 4.55 Å². The highest BCUT2D eigenvalue weighted by molar-refractivity contribution is 7.86. The molecule has 0 heterocycles. The van der Waals surface area contributed by atoms with Crippen LogP contribution in [0.4, 0.5) is 0 Å². The Hall–Kier alpha value is 0.340. The fourth-order valence-corrected chi connectivity index (χ4v) is 4.34. The third-order valence-electron chi connectivity index (χ3n) is 2.49. The minimum atomic E-state index is -3.76. The first-order valence-corrected chi connectivity index (χ1v) is 7.52. The molecule has 78 valence electrons. The third kappa shape index (κ3) is 3.53. The summed E-state index contributed by atoms with van der Waals surface area (Å²) in [6.07, 6.45) is 4.68. The SMILES string of the molecule is CCCPC1CCC(S(=O)(=O)O)C1. The van der Waals surface area contributed by atoms with Gasteiger partial charge in [-0.2, -0.15) is 8.42 Å². The van der Waals surface area contributed by atoms with Crippen molar-refractivity contribution in [2.24, 2.45) is 0 Å². The maximum atomic E-state index is 10.8. The van der Waals surface area contributed by atoms with Crippen molar-refractivity contribution in [3.8, 4) is 0 Å². The molecule has 13 heavy (non-hydrogen) atoms. The third-order valence-corrected chi connectivity index (χ3v) is 5.65. The standard InChI is InChI=1S/C8H17O3PS/c1-2-5-12-7-3-4-8(6-7)13(9,10)11/h7-8,12H,2-6H2,1H3,(H,9,10,11). The molecule has 0 aromatic rings. The van der Waals surface area contributed by atoms with E-state index in [0.29, 0.717) is 18.5 Å².